The summed E-state index contributed by atoms with van der Waals surface area (Å²) in [5, 5.41) is 3.63. The van der Waals surface area contributed by atoms with Crippen molar-refractivity contribution in [2.24, 2.45) is 17.3 Å². The van der Waals surface area contributed by atoms with E-state index in [0.29, 0.717) is 11.3 Å². The Balaban J connectivity index is 1.53. The summed E-state index contributed by atoms with van der Waals surface area (Å²) in [6, 6.07) is 18.2. The average molecular weight is 335 g/mol. The second kappa shape index (κ2) is 7.45. The van der Waals surface area contributed by atoms with E-state index >= 15 is 0 Å². The van der Waals surface area contributed by atoms with Crippen molar-refractivity contribution >= 4 is 0 Å². The van der Waals surface area contributed by atoms with Crippen LogP contribution in [-0.2, 0) is 6.54 Å². The van der Waals surface area contributed by atoms with E-state index in [4.69, 9.17) is 4.74 Å². The van der Waals surface area contributed by atoms with E-state index in [1.165, 1.54) is 11.1 Å². The molecule has 0 aliphatic heterocycles. The van der Waals surface area contributed by atoms with Gasteiger partial charge in [-0.2, -0.15) is 0 Å². The maximum Gasteiger partial charge on any atom is 0.127 e. The van der Waals surface area contributed by atoms with E-state index in [2.05, 4.69) is 57.3 Å². The van der Waals surface area contributed by atoms with Crippen LogP contribution in [0.2, 0.25) is 0 Å². The van der Waals surface area contributed by atoms with E-state index in [1.54, 1.807) is 0 Å². The van der Waals surface area contributed by atoms with Gasteiger partial charge in [-0.15, -0.1) is 0 Å². The van der Waals surface area contributed by atoms with Gasteiger partial charge in [0.1, 0.15) is 11.5 Å². The Kier molecular flexibility index (Phi) is 5.29. The smallest absolute Gasteiger partial charge is 0.127 e. The van der Waals surface area contributed by atoms with E-state index in [-0.39, 0.29) is 0 Å². The summed E-state index contributed by atoms with van der Waals surface area (Å²) in [4.78, 5) is 0. The van der Waals surface area contributed by atoms with Crippen molar-refractivity contribution in [2.75, 3.05) is 6.54 Å². The number of rotatable bonds is 7. The molecule has 0 heterocycles. The SMILES string of the molecule is CC(C)=CC1C(CNCc2cccc(Oc3ccccc3)c2)C1(C)C. The molecule has 1 aliphatic rings. The van der Waals surface area contributed by atoms with Crippen LogP contribution in [0.15, 0.2) is 66.2 Å². The molecule has 0 saturated heterocycles. The molecule has 1 aliphatic carbocycles. The third-order valence-electron chi connectivity index (χ3n) is 5.22. The van der Waals surface area contributed by atoms with Gasteiger partial charge in [-0.25, -0.2) is 0 Å². The fourth-order valence-electron chi connectivity index (χ4n) is 3.58. The van der Waals surface area contributed by atoms with Crippen molar-refractivity contribution in [1.29, 1.82) is 0 Å². The fourth-order valence-corrected chi connectivity index (χ4v) is 3.58. The maximum absolute atomic E-state index is 5.92. The minimum Gasteiger partial charge on any atom is -0.457 e. The number of hydrogen-bond donors (Lipinski definition) is 1. The molecule has 2 aromatic carbocycles. The molecule has 1 saturated carbocycles. The molecule has 2 atom stereocenters. The summed E-state index contributed by atoms with van der Waals surface area (Å²) in [7, 11) is 0. The minimum absolute atomic E-state index is 0.419. The Labute approximate surface area is 151 Å². The maximum atomic E-state index is 5.92. The highest BCUT2D eigenvalue weighted by atomic mass is 16.5. The first-order chi connectivity index (χ1) is 12.0. The molecular formula is C23H29NO. The predicted molar refractivity (Wildman–Crippen MR) is 105 cm³/mol. The Bertz CT molecular complexity index is 729. The summed E-state index contributed by atoms with van der Waals surface area (Å²) in [5.74, 6) is 3.19. The number of benzene rings is 2. The van der Waals surface area contributed by atoms with Crippen LogP contribution in [0, 0.1) is 17.3 Å². The van der Waals surface area contributed by atoms with E-state index in [1.807, 2.05) is 36.4 Å². The molecule has 0 bridgehead atoms. The van der Waals surface area contributed by atoms with Crippen LogP contribution >= 0.6 is 0 Å². The van der Waals surface area contributed by atoms with Crippen molar-refractivity contribution in [3.8, 4) is 11.5 Å². The molecule has 1 fully saturated rings. The zero-order valence-corrected chi connectivity index (χ0v) is 15.8. The second-order valence-corrected chi connectivity index (χ2v) is 7.89. The molecule has 25 heavy (non-hydrogen) atoms. The van der Waals surface area contributed by atoms with Gasteiger partial charge in [-0.1, -0.05) is 55.8 Å². The lowest BCUT2D eigenvalue weighted by atomic mass is 10.1. The molecule has 3 rings (SSSR count). The Hall–Kier alpha value is -2.06. The summed E-state index contributed by atoms with van der Waals surface area (Å²) >= 11 is 0. The monoisotopic (exact) mass is 335 g/mol. The molecule has 2 aromatic rings. The van der Waals surface area contributed by atoms with Crippen LogP contribution in [0.25, 0.3) is 0 Å². The molecular weight excluding hydrogens is 306 g/mol. The van der Waals surface area contributed by atoms with Crippen LogP contribution in [0.5, 0.6) is 11.5 Å². The first-order valence-corrected chi connectivity index (χ1v) is 9.14. The van der Waals surface area contributed by atoms with Gasteiger partial charge in [0.15, 0.2) is 0 Å². The molecule has 0 aromatic heterocycles. The quantitative estimate of drug-likeness (QED) is 0.645. The van der Waals surface area contributed by atoms with Crippen molar-refractivity contribution in [2.45, 2.75) is 34.2 Å². The normalized spacial score (nSPS) is 20.8. The molecule has 2 unspecified atom stereocenters. The average Bonchev–Trinajstić information content (AvgIpc) is 3.08. The highest BCUT2D eigenvalue weighted by molar-refractivity contribution is 5.33. The third-order valence-corrected chi connectivity index (χ3v) is 5.22. The van der Waals surface area contributed by atoms with Crippen molar-refractivity contribution < 1.29 is 4.74 Å². The molecule has 2 heteroatoms. The number of hydrogen-bond acceptors (Lipinski definition) is 2. The third kappa shape index (κ3) is 4.52. The van der Waals surface area contributed by atoms with Gasteiger partial charge in [-0.3, -0.25) is 0 Å². The number of allylic oxidation sites excluding steroid dienone is 2. The van der Waals surface area contributed by atoms with Crippen LogP contribution in [0.3, 0.4) is 0 Å². The molecule has 0 radical (unpaired) electrons. The van der Waals surface area contributed by atoms with Crippen LogP contribution in [-0.4, -0.2) is 6.54 Å². The zero-order chi connectivity index (χ0) is 17.9. The standard InChI is InChI=1S/C23H29NO/c1-17(2)13-21-22(23(21,3)4)16-24-15-18-9-8-12-20(14-18)25-19-10-6-5-7-11-19/h5-14,21-22,24H,15-16H2,1-4H3. The first-order valence-electron chi connectivity index (χ1n) is 9.14. The van der Waals surface area contributed by atoms with Crippen molar-refractivity contribution in [1.82, 2.24) is 5.32 Å². The molecule has 0 spiro atoms. The van der Waals surface area contributed by atoms with Crippen LogP contribution in [0.4, 0.5) is 0 Å². The summed E-state index contributed by atoms with van der Waals surface area (Å²) in [6.45, 7) is 11.1. The Morgan fingerprint density at radius 3 is 2.48 bits per heavy atom. The summed E-state index contributed by atoms with van der Waals surface area (Å²) in [6.07, 6.45) is 2.43. The lowest BCUT2D eigenvalue weighted by Crippen LogP contribution is -2.18. The first kappa shape index (κ1) is 17.8. The van der Waals surface area contributed by atoms with Gasteiger partial charge in [0.05, 0.1) is 0 Å². The lowest BCUT2D eigenvalue weighted by Gasteiger charge is -2.09. The highest BCUT2D eigenvalue weighted by Crippen LogP contribution is 2.58. The van der Waals surface area contributed by atoms with Gasteiger partial charge < -0.3 is 10.1 Å². The second-order valence-electron chi connectivity index (χ2n) is 7.89. The van der Waals surface area contributed by atoms with E-state index < -0.39 is 0 Å². The van der Waals surface area contributed by atoms with Gasteiger partial charge in [0.2, 0.25) is 0 Å². The van der Waals surface area contributed by atoms with Gasteiger partial charge in [0, 0.05) is 6.54 Å². The number of ether oxygens (including phenoxy) is 1. The molecule has 132 valence electrons. The van der Waals surface area contributed by atoms with Crippen LogP contribution in [0.1, 0.15) is 33.3 Å². The van der Waals surface area contributed by atoms with Gasteiger partial charge in [0.25, 0.3) is 0 Å². The van der Waals surface area contributed by atoms with Gasteiger partial charge in [-0.05, 0) is 67.5 Å². The lowest BCUT2D eigenvalue weighted by molar-refractivity contribution is 0.480. The fraction of sp³-hybridized carbons (Fsp3) is 0.391. The summed E-state index contributed by atoms with van der Waals surface area (Å²) < 4.78 is 5.92. The Morgan fingerprint density at radius 2 is 1.76 bits per heavy atom. The number of para-hydroxylation sites is 1. The van der Waals surface area contributed by atoms with E-state index in [0.717, 1.165) is 30.5 Å². The van der Waals surface area contributed by atoms with Crippen molar-refractivity contribution in [3.63, 3.8) is 0 Å². The summed E-state index contributed by atoms with van der Waals surface area (Å²) in [5.41, 5.74) is 3.10. The Morgan fingerprint density at radius 1 is 1.04 bits per heavy atom. The number of nitrogens with one attached hydrogen (secondary N) is 1. The minimum atomic E-state index is 0.419. The largest absolute Gasteiger partial charge is 0.457 e. The predicted octanol–water partition coefficient (Wildman–Crippen LogP) is 5.81. The van der Waals surface area contributed by atoms with E-state index in [9.17, 15) is 0 Å². The van der Waals surface area contributed by atoms with Crippen molar-refractivity contribution in [3.05, 3.63) is 71.8 Å². The topological polar surface area (TPSA) is 21.3 Å². The molecule has 2 nitrogen and oxygen atoms in total. The highest BCUT2D eigenvalue weighted by Gasteiger charge is 2.55. The molecule has 1 N–H and O–H groups in total. The molecule has 0 amide bonds. The van der Waals surface area contributed by atoms with Gasteiger partial charge >= 0.3 is 0 Å². The zero-order valence-electron chi connectivity index (χ0n) is 15.8. The van der Waals surface area contributed by atoms with Crippen LogP contribution < -0.4 is 10.1 Å².